The predicted molar refractivity (Wildman–Crippen MR) is 426 cm³/mol. The van der Waals surface area contributed by atoms with E-state index in [-0.39, 0.29) is 0 Å². The molecule has 0 spiro atoms. The highest BCUT2D eigenvalue weighted by Gasteiger charge is 2.64. The van der Waals surface area contributed by atoms with Crippen LogP contribution >= 0.6 is 0 Å². The number of hydrogen-bond donors (Lipinski definition) is 35. The molecule has 0 bridgehead atoms. The number of amides is 3. The van der Waals surface area contributed by atoms with Gasteiger partial charge >= 0.3 is 0 Å². The smallest absolute Gasteiger partial charge is 0.217 e. The maximum atomic E-state index is 13.9. The largest absolute Gasteiger partial charge is 0.394 e. The molecule has 0 aromatic heterocycles. The number of nitrogens with one attached hydrogen (secondary N) is 3. The van der Waals surface area contributed by atoms with Gasteiger partial charge in [-0.05, 0) is 27.7 Å². The molecule has 802 valence electrons. The summed E-state index contributed by atoms with van der Waals surface area (Å²) in [5, 5.41) is 367. The molecule has 60 nitrogen and oxygen atoms in total. The minimum absolute atomic E-state index is 0.864. The zero-order valence-corrected chi connectivity index (χ0v) is 74.9. The van der Waals surface area contributed by atoms with Gasteiger partial charge in [-0.25, -0.2) is 0 Å². The molecule has 0 aliphatic carbocycles. The monoisotopic (exact) mass is 2020 g/mol. The highest BCUT2D eigenvalue weighted by molar-refractivity contribution is 5.74. The van der Waals surface area contributed by atoms with E-state index in [1.807, 2.05) is 0 Å². The SMILES string of the molecule is CC(=O)N[C@H]1[C@H](O[C@H]2[C@@H](O)[C@@H](CO[C@@H]3O[C@H](CO)[C@@H](O[C@@H]4O[C@H](CO)[C@H](O)[C@H](O[C@@H]5O[C@H](CO)[C@@H](O)[C@H](O[C@@H]6O[C@H](CO)[C@H](O)[C@H](O)[C@H]6O[C@@H]6O[C@@H](C)[C@@H](O)[C@@H](O)[C@@H]6O)[C@H]5NC(C)=O)[C@H]4O)[C@H](O[C@@H]4O[C@@H](C)[C@@H](O)[C@@H](O)[C@@H]4O)[C@H]3NC(C)=O)O[C@@H](O[C@@H]([C@H](O)[C@@H](O)CO)[C@H](O)CO)[C@@H]2O)O[C@H](CO)[C@@H](O[C@@H]2O[C@@H](C)[C@@H](O)[C@@H](O)[C@@H]2O)[C@@H]1O[C@@H]1O[C@H](CO)[C@H](O)[C@H](O)[C@H]1O[C@@H]1O[C@@H](C)[C@@H](O)[C@@H](O)[C@@H]1O. The van der Waals surface area contributed by atoms with Crippen LogP contribution in [-0.2, 0) is 119 Å². The fraction of sp³-hybridized carbons (Fsp3) is 0.962. The van der Waals surface area contributed by atoms with Crippen LogP contribution in [0.4, 0.5) is 0 Å². The van der Waals surface area contributed by atoms with Crippen molar-refractivity contribution in [2.45, 2.75) is 410 Å². The molecule has 35 N–H and O–H groups in total. The normalized spacial score (nSPS) is 49.7. The van der Waals surface area contributed by atoms with Crippen LogP contribution in [0.1, 0.15) is 48.5 Å². The van der Waals surface area contributed by atoms with Crippen LogP contribution in [0.25, 0.3) is 0 Å². The van der Waals surface area contributed by atoms with Crippen molar-refractivity contribution in [1.29, 1.82) is 0 Å². The summed E-state index contributed by atoms with van der Waals surface area (Å²) in [5.74, 6) is -3.19. The molecule has 60 heteroatoms. The van der Waals surface area contributed by atoms with Gasteiger partial charge in [0.1, 0.15) is 268 Å². The van der Waals surface area contributed by atoms with Gasteiger partial charge in [0.25, 0.3) is 0 Å². The van der Waals surface area contributed by atoms with Crippen molar-refractivity contribution in [3.05, 3.63) is 0 Å². The first-order chi connectivity index (χ1) is 65.1. The van der Waals surface area contributed by atoms with Crippen LogP contribution in [0.5, 0.6) is 0 Å². The average molecular weight is 2020 g/mol. The van der Waals surface area contributed by atoms with Gasteiger partial charge in [0.15, 0.2) is 69.2 Å². The standard InChI is InChI=1S/C78H133N3O57/c1-17-36(95)46(105)52(111)71(118-17)130-60-31(15-89)127-70(35(81-23(7)92)63(60)134-78-67(51(110)42(101)27(11-85)125-78)138-74-55(114)49(108)39(98)20(4)121-74)136-65-45(104)32(128-76(57(65)116)129-58(25(94)9-83)40(99)24(93)8-82)16-117-68-34(80-22(6)91)62(133-72-53(112)47(106)37(96)18(2)119-72)59(30(14-88)126-68)131-75-56(115)64(44(103)29(13-87)123-75)135-69-33(79-21(5)90)61(43(102)28(12-86)122-69)132-77-66(50(109)41(100)26(10-84)124-77)137-73-54(113)48(107)38(97)19(3)120-73/h17-20,24-78,82-89,93-116H,8-16H2,1-7H3,(H,79,90)(H,80,91)(H,81,92)/t17-,18-,19-,20-,24-,25+,26+,27+,28+,29+,30+,31+,32+,33+,34+,35+,36+,37+,38+,39+,40+,41-,42-,43+,44-,45-,46+,47+,48+,49+,50-,51-,52-,53-,54-,55-,56+,57+,58+,59+,60+,61+,62+,63+,64-,65-,66+,67+,68+,69-,70-,71-,72-,73-,74-,75-,76-,77-,78-/m0/s1. The number of carbonyl (C=O) groups excluding carboxylic acids is 3. The predicted octanol–water partition coefficient (Wildman–Crippen LogP) is -23.0. The minimum atomic E-state index is -2.67. The van der Waals surface area contributed by atoms with E-state index >= 15 is 0 Å². The van der Waals surface area contributed by atoms with Gasteiger partial charge < -0.3 is 284 Å². The lowest BCUT2D eigenvalue weighted by Gasteiger charge is -2.52. The Kier molecular flexibility index (Phi) is 41.4. The van der Waals surface area contributed by atoms with E-state index in [0.717, 1.165) is 20.8 Å². The molecule has 0 radical (unpaired) electrons. The summed E-state index contributed by atoms with van der Waals surface area (Å²) in [6.45, 7) is -3.73. The Morgan fingerprint density at radius 3 is 0.870 bits per heavy atom. The second-order valence-electron chi connectivity index (χ2n) is 35.5. The van der Waals surface area contributed by atoms with Gasteiger partial charge in [0, 0.05) is 20.8 Å². The second-order valence-corrected chi connectivity index (χ2v) is 35.5. The Hall–Kier alpha value is -3.75. The van der Waals surface area contributed by atoms with Gasteiger partial charge in [-0.2, -0.15) is 0 Å². The molecule has 0 aromatic carbocycles. The lowest BCUT2D eigenvalue weighted by atomic mass is 9.93. The van der Waals surface area contributed by atoms with Gasteiger partial charge in [0.2, 0.25) is 17.7 Å². The number of aliphatic hydroxyl groups is 32. The fourth-order valence-corrected chi connectivity index (χ4v) is 17.9. The molecule has 11 aliphatic heterocycles. The van der Waals surface area contributed by atoms with Crippen molar-refractivity contribution in [2.24, 2.45) is 0 Å². The molecule has 11 aliphatic rings. The quantitative estimate of drug-likeness (QED) is 0.0275. The van der Waals surface area contributed by atoms with E-state index in [1.54, 1.807) is 0 Å². The first-order valence-electron chi connectivity index (χ1n) is 44.5. The lowest BCUT2D eigenvalue weighted by Crippen LogP contribution is -2.72. The van der Waals surface area contributed by atoms with Crippen molar-refractivity contribution in [2.75, 3.05) is 59.5 Å². The number of ether oxygens (including phenoxy) is 22. The fourth-order valence-electron chi connectivity index (χ4n) is 17.9. The maximum absolute atomic E-state index is 13.9. The Morgan fingerprint density at radius 1 is 0.246 bits per heavy atom. The molecular weight excluding hydrogens is 1890 g/mol. The van der Waals surface area contributed by atoms with Crippen LogP contribution in [0, 0.1) is 0 Å². The van der Waals surface area contributed by atoms with E-state index in [9.17, 15) is 178 Å². The molecule has 11 heterocycles. The number of hydrogen-bond acceptors (Lipinski definition) is 57. The molecule has 0 unspecified atom stereocenters. The van der Waals surface area contributed by atoms with Crippen LogP contribution in [0.2, 0.25) is 0 Å². The first kappa shape index (κ1) is 115. The van der Waals surface area contributed by atoms with Crippen molar-refractivity contribution < 1.29 is 282 Å². The summed E-state index contributed by atoms with van der Waals surface area (Å²) in [6, 6.07) is -6.34. The van der Waals surface area contributed by atoms with E-state index in [2.05, 4.69) is 16.0 Å². The van der Waals surface area contributed by atoms with Gasteiger partial charge in [-0.15, -0.1) is 0 Å². The summed E-state index contributed by atoms with van der Waals surface area (Å²) < 4.78 is 134. The molecule has 11 rings (SSSR count). The summed E-state index contributed by atoms with van der Waals surface area (Å²) in [6.07, 6.45) is -119. The van der Waals surface area contributed by atoms with E-state index in [0.29, 0.717) is 0 Å². The van der Waals surface area contributed by atoms with Gasteiger partial charge in [-0.3, -0.25) is 14.4 Å². The van der Waals surface area contributed by atoms with Crippen LogP contribution < -0.4 is 16.0 Å². The van der Waals surface area contributed by atoms with Crippen LogP contribution in [0.15, 0.2) is 0 Å². The maximum Gasteiger partial charge on any atom is 0.217 e. The summed E-state index contributed by atoms with van der Waals surface area (Å²) in [4.78, 5) is 41.0. The van der Waals surface area contributed by atoms with E-state index in [4.69, 9.17) is 104 Å². The highest BCUT2D eigenvalue weighted by atomic mass is 16.8. The average Bonchev–Trinajstić information content (AvgIpc) is 0.757. The molecule has 59 atom stereocenters. The minimum Gasteiger partial charge on any atom is -0.394 e. The summed E-state index contributed by atoms with van der Waals surface area (Å²) in [7, 11) is 0. The van der Waals surface area contributed by atoms with Crippen molar-refractivity contribution in [1.82, 2.24) is 16.0 Å². The number of carbonyl (C=O) groups is 3. The molecule has 0 aromatic rings. The third-order valence-corrected chi connectivity index (χ3v) is 25.8. The second kappa shape index (κ2) is 49.8. The van der Waals surface area contributed by atoms with Crippen molar-refractivity contribution >= 4 is 17.7 Å². The Bertz CT molecular complexity index is 3730. The molecule has 0 saturated carbocycles. The first-order valence-corrected chi connectivity index (χ1v) is 44.5. The van der Waals surface area contributed by atoms with Gasteiger partial charge in [-0.1, -0.05) is 0 Å². The topological polar surface area (TPSA) is 938 Å². The van der Waals surface area contributed by atoms with Gasteiger partial charge in [0.05, 0.1) is 83.9 Å². The highest BCUT2D eigenvalue weighted by Crippen LogP contribution is 2.43. The third kappa shape index (κ3) is 25.1. The Balaban J connectivity index is 0.942. The van der Waals surface area contributed by atoms with Crippen LogP contribution in [-0.4, -0.2) is 603 Å². The lowest BCUT2D eigenvalue weighted by molar-refractivity contribution is -0.400. The van der Waals surface area contributed by atoms with Crippen LogP contribution in [0.3, 0.4) is 0 Å². The Labute approximate surface area is 783 Å². The summed E-state index contributed by atoms with van der Waals surface area (Å²) in [5.41, 5.74) is 0. The van der Waals surface area contributed by atoms with Crippen molar-refractivity contribution in [3.63, 3.8) is 0 Å². The third-order valence-electron chi connectivity index (χ3n) is 25.8. The zero-order chi connectivity index (χ0) is 102. The van der Waals surface area contributed by atoms with E-state index in [1.165, 1.54) is 27.7 Å². The zero-order valence-electron chi connectivity index (χ0n) is 74.9. The molecular formula is C78H133N3O57. The molecule has 11 fully saturated rings. The molecule has 138 heavy (non-hydrogen) atoms. The molecule has 11 saturated heterocycles. The van der Waals surface area contributed by atoms with E-state index < -0.39 is 439 Å². The van der Waals surface area contributed by atoms with Crippen molar-refractivity contribution in [3.8, 4) is 0 Å². The Morgan fingerprint density at radius 2 is 0.507 bits per heavy atom. The number of rotatable bonds is 37. The number of aliphatic hydroxyl groups excluding tert-OH is 32. The summed E-state index contributed by atoms with van der Waals surface area (Å²) >= 11 is 0. The molecule has 3 amide bonds.